The van der Waals surface area contributed by atoms with Gasteiger partial charge in [0, 0.05) is 43.8 Å². The summed E-state index contributed by atoms with van der Waals surface area (Å²) in [5.41, 5.74) is 2.62. The first-order valence-corrected chi connectivity index (χ1v) is 9.98. The number of aryl methyl sites for hydroxylation is 1. The normalized spacial score (nSPS) is 16.2. The van der Waals surface area contributed by atoms with Crippen molar-refractivity contribution in [1.82, 2.24) is 29.0 Å². The molecule has 0 spiro atoms. The molecule has 7 nitrogen and oxygen atoms in total. The first kappa shape index (κ1) is 18.8. The SMILES string of the molecule is Cc1cccn2c(=O)cc(CN(C)C3CCN(CCn4cccn4)CC3)nc12. The molecule has 1 aliphatic rings. The van der Waals surface area contributed by atoms with Gasteiger partial charge < -0.3 is 4.90 Å². The van der Waals surface area contributed by atoms with Crippen LogP contribution in [0.5, 0.6) is 0 Å². The Morgan fingerprint density at radius 1 is 1.18 bits per heavy atom. The van der Waals surface area contributed by atoms with E-state index in [2.05, 4.69) is 21.9 Å². The summed E-state index contributed by atoms with van der Waals surface area (Å²) < 4.78 is 3.61. The van der Waals surface area contributed by atoms with Gasteiger partial charge in [0.2, 0.25) is 0 Å². The molecule has 0 amide bonds. The number of piperidine rings is 1. The number of hydrogen-bond acceptors (Lipinski definition) is 5. The van der Waals surface area contributed by atoms with E-state index in [1.807, 2.05) is 42.2 Å². The lowest BCUT2D eigenvalue weighted by molar-refractivity contribution is 0.119. The highest BCUT2D eigenvalue weighted by atomic mass is 16.1. The lowest BCUT2D eigenvalue weighted by Gasteiger charge is -2.36. The van der Waals surface area contributed by atoms with Crippen LogP contribution in [-0.4, -0.2) is 61.7 Å². The van der Waals surface area contributed by atoms with Crippen molar-refractivity contribution >= 4 is 5.65 Å². The van der Waals surface area contributed by atoms with Gasteiger partial charge in [0.1, 0.15) is 5.65 Å². The fraction of sp³-hybridized carbons (Fsp3) is 0.476. The van der Waals surface area contributed by atoms with Gasteiger partial charge in [0.05, 0.1) is 12.2 Å². The summed E-state index contributed by atoms with van der Waals surface area (Å²) in [6.07, 6.45) is 7.91. The zero-order valence-corrected chi connectivity index (χ0v) is 16.7. The van der Waals surface area contributed by atoms with Crippen LogP contribution < -0.4 is 5.56 Å². The van der Waals surface area contributed by atoms with E-state index in [4.69, 9.17) is 4.98 Å². The van der Waals surface area contributed by atoms with E-state index in [1.54, 1.807) is 16.7 Å². The van der Waals surface area contributed by atoms with E-state index in [0.717, 1.165) is 55.9 Å². The highest BCUT2D eigenvalue weighted by molar-refractivity contribution is 5.46. The van der Waals surface area contributed by atoms with E-state index >= 15 is 0 Å². The van der Waals surface area contributed by atoms with Crippen LogP contribution in [0.2, 0.25) is 0 Å². The summed E-state index contributed by atoms with van der Waals surface area (Å²) in [5.74, 6) is 0. The number of aromatic nitrogens is 4. The first-order chi connectivity index (χ1) is 13.6. The zero-order valence-electron chi connectivity index (χ0n) is 16.7. The predicted octanol–water partition coefficient (Wildman–Crippen LogP) is 1.80. The monoisotopic (exact) mass is 380 g/mol. The fourth-order valence-corrected chi connectivity index (χ4v) is 4.03. The molecular formula is C21H28N6O. The Morgan fingerprint density at radius 3 is 2.75 bits per heavy atom. The van der Waals surface area contributed by atoms with Crippen LogP contribution in [0.15, 0.2) is 47.7 Å². The van der Waals surface area contributed by atoms with Crippen LogP contribution in [-0.2, 0) is 13.1 Å². The van der Waals surface area contributed by atoms with E-state index in [1.165, 1.54) is 0 Å². The summed E-state index contributed by atoms with van der Waals surface area (Å²) >= 11 is 0. The molecule has 28 heavy (non-hydrogen) atoms. The molecule has 148 valence electrons. The Kier molecular flexibility index (Phi) is 5.54. The number of rotatable bonds is 6. The molecule has 0 N–H and O–H groups in total. The molecule has 0 aliphatic carbocycles. The summed E-state index contributed by atoms with van der Waals surface area (Å²) in [6, 6.07) is 8.04. The van der Waals surface area contributed by atoms with Crippen molar-refractivity contribution < 1.29 is 0 Å². The Bertz CT molecular complexity index is 972. The van der Waals surface area contributed by atoms with Crippen molar-refractivity contribution in [3.8, 4) is 0 Å². The molecule has 0 radical (unpaired) electrons. The van der Waals surface area contributed by atoms with Gasteiger partial charge in [-0.1, -0.05) is 6.07 Å². The van der Waals surface area contributed by atoms with Crippen LogP contribution in [0.3, 0.4) is 0 Å². The van der Waals surface area contributed by atoms with Crippen molar-refractivity contribution in [2.45, 2.75) is 38.9 Å². The highest BCUT2D eigenvalue weighted by Crippen LogP contribution is 2.17. The molecule has 0 aromatic carbocycles. The minimum absolute atomic E-state index is 0.00876. The highest BCUT2D eigenvalue weighted by Gasteiger charge is 2.23. The summed E-state index contributed by atoms with van der Waals surface area (Å²) in [7, 11) is 2.14. The largest absolute Gasteiger partial charge is 0.301 e. The molecule has 3 aromatic rings. The van der Waals surface area contributed by atoms with Gasteiger partial charge in [-0.3, -0.25) is 18.8 Å². The zero-order chi connectivity index (χ0) is 19.5. The number of nitrogens with zero attached hydrogens (tertiary/aromatic N) is 6. The Labute approximate surface area is 165 Å². The van der Waals surface area contributed by atoms with Crippen LogP contribution in [0.1, 0.15) is 24.1 Å². The molecule has 1 saturated heterocycles. The van der Waals surface area contributed by atoms with E-state index in [0.29, 0.717) is 12.6 Å². The van der Waals surface area contributed by atoms with Crippen molar-refractivity contribution in [3.05, 3.63) is 64.5 Å². The second-order valence-electron chi connectivity index (χ2n) is 7.73. The second kappa shape index (κ2) is 8.24. The average Bonchev–Trinajstić information content (AvgIpc) is 3.21. The average molecular weight is 380 g/mol. The maximum Gasteiger partial charge on any atom is 0.258 e. The molecule has 0 saturated carbocycles. The molecule has 3 aromatic heterocycles. The third kappa shape index (κ3) is 4.15. The molecule has 0 bridgehead atoms. The topological polar surface area (TPSA) is 58.7 Å². The second-order valence-corrected chi connectivity index (χ2v) is 7.73. The van der Waals surface area contributed by atoms with Crippen molar-refractivity contribution in [1.29, 1.82) is 0 Å². The van der Waals surface area contributed by atoms with Crippen LogP contribution in [0, 0.1) is 6.92 Å². The smallest absolute Gasteiger partial charge is 0.258 e. The summed E-state index contributed by atoms with van der Waals surface area (Å²) in [4.78, 5) is 22.0. The molecule has 4 rings (SSSR count). The van der Waals surface area contributed by atoms with Gasteiger partial charge in [-0.05, 0) is 57.6 Å². The van der Waals surface area contributed by atoms with Gasteiger partial charge in [0.25, 0.3) is 5.56 Å². The van der Waals surface area contributed by atoms with E-state index in [9.17, 15) is 4.79 Å². The van der Waals surface area contributed by atoms with E-state index in [-0.39, 0.29) is 5.56 Å². The van der Waals surface area contributed by atoms with Crippen molar-refractivity contribution in [3.63, 3.8) is 0 Å². The lowest BCUT2D eigenvalue weighted by Crippen LogP contribution is -2.44. The Hall–Kier alpha value is -2.51. The quantitative estimate of drug-likeness (QED) is 0.653. The van der Waals surface area contributed by atoms with Gasteiger partial charge in [-0.2, -0.15) is 5.10 Å². The minimum Gasteiger partial charge on any atom is -0.301 e. The molecule has 0 unspecified atom stereocenters. The van der Waals surface area contributed by atoms with Crippen LogP contribution in [0.25, 0.3) is 5.65 Å². The van der Waals surface area contributed by atoms with Crippen LogP contribution in [0.4, 0.5) is 0 Å². The molecular weight excluding hydrogens is 352 g/mol. The summed E-state index contributed by atoms with van der Waals surface area (Å²) in [6.45, 7) is 6.89. The van der Waals surface area contributed by atoms with Gasteiger partial charge >= 0.3 is 0 Å². The standard InChI is InChI=1S/C21H28N6O/c1-17-5-3-10-27-20(28)15-18(23-21(17)27)16-24(2)19-6-11-25(12-7-19)13-14-26-9-4-8-22-26/h3-5,8-10,15,19H,6-7,11-14,16H2,1-2H3. The van der Waals surface area contributed by atoms with Crippen molar-refractivity contribution in [2.75, 3.05) is 26.7 Å². The first-order valence-electron chi connectivity index (χ1n) is 9.98. The fourth-order valence-electron chi connectivity index (χ4n) is 4.03. The van der Waals surface area contributed by atoms with Gasteiger partial charge in [0.15, 0.2) is 0 Å². The number of likely N-dealkylation sites (tertiary alicyclic amines) is 1. The van der Waals surface area contributed by atoms with Crippen LogP contribution >= 0.6 is 0 Å². The Morgan fingerprint density at radius 2 is 2.00 bits per heavy atom. The minimum atomic E-state index is -0.00876. The predicted molar refractivity (Wildman–Crippen MR) is 109 cm³/mol. The number of fused-ring (bicyclic) bond motifs is 1. The Balaban J connectivity index is 1.34. The number of hydrogen-bond donors (Lipinski definition) is 0. The lowest BCUT2D eigenvalue weighted by atomic mass is 10.0. The number of pyridine rings is 1. The molecule has 1 aliphatic heterocycles. The van der Waals surface area contributed by atoms with E-state index < -0.39 is 0 Å². The van der Waals surface area contributed by atoms with Gasteiger partial charge in [-0.15, -0.1) is 0 Å². The molecule has 0 atom stereocenters. The molecule has 1 fully saturated rings. The van der Waals surface area contributed by atoms with Crippen molar-refractivity contribution in [2.24, 2.45) is 0 Å². The maximum atomic E-state index is 12.4. The molecule has 4 heterocycles. The molecule has 7 heteroatoms. The third-order valence-corrected chi connectivity index (χ3v) is 5.74. The third-order valence-electron chi connectivity index (χ3n) is 5.74. The summed E-state index contributed by atoms with van der Waals surface area (Å²) in [5, 5.41) is 4.27. The van der Waals surface area contributed by atoms with Gasteiger partial charge in [-0.25, -0.2) is 4.98 Å². The maximum absolute atomic E-state index is 12.4.